The van der Waals surface area contributed by atoms with Crippen molar-refractivity contribution in [3.63, 3.8) is 0 Å². The van der Waals surface area contributed by atoms with Gasteiger partial charge in [-0.15, -0.1) is 12.4 Å². The molecule has 0 heterocycles. The standard InChI is InChI=1S/C10H12FNO.ClH/c1-3-6-13-10-7-8(11)4-5-9(10)12-2;/h3-5,7,12H,1,6H2,2H3;1H. The molecule has 0 saturated heterocycles. The van der Waals surface area contributed by atoms with Crippen molar-refractivity contribution in [3.05, 3.63) is 36.7 Å². The minimum atomic E-state index is -0.307. The predicted molar refractivity (Wildman–Crippen MR) is 58.9 cm³/mol. The van der Waals surface area contributed by atoms with E-state index in [1.807, 2.05) is 0 Å². The number of hydrogen-bond acceptors (Lipinski definition) is 2. The second-order valence-electron chi connectivity index (χ2n) is 2.49. The van der Waals surface area contributed by atoms with Crippen LogP contribution < -0.4 is 10.1 Å². The predicted octanol–water partition coefficient (Wildman–Crippen LogP) is 2.85. The van der Waals surface area contributed by atoms with Gasteiger partial charge in [-0.1, -0.05) is 12.7 Å². The zero-order valence-electron chi connectivity index (χ0n) is 7.92. The van der Waals surface area contributed by atoms with Crippen LogP contribution in [0.5, 0.6) is 5.75 Å². The lowest BCUT2D eigenvalue weighted by Gasteiger charge is -2.09. The highest BCUT2D eigenvalue weighted by atomic mass is 35.5. The minimum Gasteiger partial charge on any atom is -0.487 e. The number of ether oxygens (including phenoxy) is 1. The van der Waals surface area contributed by atoms with Gasteiger partial charge in [0.1, 0.15) is 18.2 Å². The van der Waals surface area contributed by atoms with Gasteiger partial charge in [0.25, 0.3) is 0 Å². The Morgan fingerprint density at radius 3 is 2.86 bits per heavy atom. The molecule has 0 aromatic heterocycles. The van der Waals surface area contributed by atoms with E-state index in [4.69, 9.17) is 4.74 Å². The summed E-state index contributed by atoms with van der Waals surface area (Å²) in [7, 11) is 1.76. The van der Waals surface area contributed by atoms with Crippen molar-refractivity contribution in [2.45, 2.75) is 0 Å². The summed E-state index contributed by atoms with van der Waals surface area (Å²) in [5.41, 5.74) is 0.767. The Morgan fingerprint density at radius 1 is 1.57 bits per heavy atom. The third-order valence-corrected chi connectivity index (χ3v) is 1.57. The van der Waals surface area contributed by atoms with Crippen LogP contribution in [0.3, 0.4) is 0 Å². The molecule has 0 bridgehead atoms. The summed E-state index contributed by atoms with van der Waals surface area (Å²) in [5.74, 6) is 0.195. The van der Waals surface area contributed by atoms with Crippen molar-refractivity contribution in [2.24, 2.45) is 0 Å². The van der Waals surface area contributed by atoms with Crippen LogP contribution in [0.25, 0.3) is 0 Å². The van der Waals surface area contributed by atoms with Crippen molar-refractivity contribution in [2.75, 3.05) is 19.0 Å². The second-order valence-corrected chi connectivity index (χ2v) is 2.49. The SMILES string of the molecule is C=CCOc1cc(F)ccc1NC.Cl. The van der Waals surface area contributed by atoms with Gasteiger partial charge in [-0.25, -0.2) is 4.39 Å². The maximum atomic E-state index is 12.8. The Hall–Kier alpha value is -1.22. The first-order chi connectivity index (χ1) is 6.27. The van der Waals surface area contributed by atoms with Gasteiger partial charge in [-0.3, -0.25) is 0 Å². The van der Waals surface area contributed by atoms with Crippen LogP contribution in [0.1, 0.15) is 0 Å². The molecule has 2 nitrogen and oxygen atoms in total. The van der Waals surface area contributed by atoms with Crippen LogP contribution >= 0.6 is 12.4 Å². The molecule has 0 radical (unpaired) electrons. The maximum absolute atomic E-state index is 12.8. The third-order valence-electron chi connectivity index (χ3n) is 1.57. The normalized spacial score (nSPS) is 8.71. The fraction of sp³-hybridized carbons (Fsp3) is 0.200. The molecule has 0 atom stereocenters. The molecule has 1 rings (SSSR count). The van der Waals surface area contributed by atoms with Crippen molar-refractivity contribution >= 4 is 18.1 Å². The Bertz CT molecular complexity index is 304. The molecule has 0 fully saturated rings. The van der Waals surface area contributed by atoms with Gasteiger partial charge in [0.15, 0.2) is 0 Å². The van der Waals surface area contributed by atoms with Crippen LogP contribution in [0, 0.1) is 5.82 Å². The summed E-state index contributed by atoms with van der Waals surface area (Å²) in [5, 5.41) is 2.91. The summed E-state index contributed by atoms with van der Waals surface area (Å²) in [6.07, 6.45) is 1.62. The van der Waals surface area contributed by atoms with Gasteiger partial charge in [0, 0.05) is 13.1 Å². The molecule has 14 heavy (non-hydrogen) atoms. The summed E-state index contributed by atoms with van der Waals surface area (Å²) in [4.78, 5) is 0. The maximum Gasteiger partial charge on any atom is 0.145 e. The molecule has 4 heteroatoms. The van der Waals surface area contributed by atoms with Crippen LogP contribution in [0.2, 0.25) is 0 Å². The van der Waals surface area contributed by atoms with Gasteiger partial charge < -0.3 is 10.1 Å². The Kier molecular flexibility index (Phi) is 5.72. The number of nitrogens with one attached hydrogen (secondary N) is 1. The van der Waals surface area contributed by atoms with E-state index in [1.54, 1.807) is 19.2 Å². The first-order valence-electron chi connectivity index (χ1n) is 3.99. The lowest BCUT2D eigenvalue weighted by Crippen LogP contribution is -1.98. The Labute approximate surface area is 89.2 Å². The van der Waals surface area contributed by atoms with E-state index < -0.39 is 0 Å². The minimum absolute atomic E-state index is 0. The third kappa shape index (κ3) is 3.26. The lowest BCUT2D eigenvalue weighted by atomic mass is 10.3. The lowest BCUT2D eigenvalue weighted by molar-refractivity contribution is 0.362. The van der Waals surface area contributed by atoms with E-state index >= 15 is 0 Å². The van der Waals surface area contributed by atoms with E-state index in [0.29, 0.717) is 12.4 Å². The first kappa shape index (κ1) is 12.8. The van der Waals surface area contributed by atoms with Gasteiger partial charge in [0.2, 0.25) is 0 Å². The molecule has 0 spiro atoms. The Morgan fingerprint density at radius 2 is 2.29 bits per heavy atom. The quantitative estimate of drug-likeness (QED) is 0.784. The monoisotopic (exact) mass is 217 g/mol. The van der Waals surface area contributed by atoms with Crippen molar-refractivity contribution in [3.8, 4) is 5.75 Å². The average molecular weight is 218 g/mol. The summed E-state index contributed by atoms with van der Waals surface area (Å²) in [6.45, 7) is 3.89. The van der Waals surface area contributed by atoms with E-state index in [9.17, 15) is 4.39 Å². The molecule has 1 aromatic carbocycles. The van der Waals surface area contributed by atoms with E-state index in [0.717, 1.165) is 5.69 Å². The van der Waals surface area contributed by atoms with Crippen LogP contribution in [0.4, 0.5) is 10.1 Å². The number of anilines is 1. The van der Waals surface area contributed by atoms with E-state index in [1.165, 1.54) is 12.1 Å². The highest BCUT2D eigenvalue weighted by molar-refractivity contribution is 5.85. The number of hydrogen-bond donors (Lipinski definition) is 1. The highest BCUT2D eigenvalue weighted by Gasteiger charge is 2.02. The summed E-state index contributed by atoms with van der Waals surface area (Å²) in [6, 6.07) is 4.36. The fourth-order valence-corrected chi connectivity index (χ4v) is 0.971. The largest absolute Gasteiger partial charge is 0.487 e. The van der Waals surface area contributed by atoms with Crippen LogP contribution in [0.15, 0.2) is 30.9 Å². The zero-order valence-corrected chi connectivity index (χ0v) is 8.73. The van der Waals surface area contributed by atoms with Gasteiger partial charge in [-0.05, 0) is 12.1 Å². The van der Waals surface area contributed by atoms with E-state index in [2.05, 4.69) is 11.9 Å². The summed E-state index contributed by atoms with van der Waals surface area (Å²) >= 11 is 0. The van der Waals surface area contributed by atoms with Crippen molar-refractivity contribution in [1.82, 2.24) is 0 Å². The molecule has 0 aliphatic carbocycles. The molecule has 0 aliphatic rings. The van der Waals surface area contributed by atoms with Gasteiger partial charge >= 0.3 is 0 Å². The highest BCUT2D eigenvalue weighted by Crippen LogP contribution is 2.24. The fourth-order valence-electron chi connectivity index (χ4n) is 0.971. The number of rotatable bonds is 4. The molecule has 1 aromatic rings. The molecule has 0 amide bonds. The van der Waals surface area contributed by atoms with Crippen molar-refractivity contribution in [1.29, 1.82) is 0 Å². The average Bonchev–Trinajstić information content (AvgIpc) is 2.15. The molecular formula is C10H13ClFNO. The van der Waals surface area contributed by atoms with Crippen LogP contribution in [-0.4, -0.2) is 13.7 Å². The first-order valence-corrected chi connectivity index (χ1v) is 3.99. The molecule has 0 aliphatic heterocycles. The molecule has 1 N–H and O–H groups in total. The second kappa shape index (κ2) is 6.27. The van der Waals surface area contributed by atoms with Crippen LogP contribution in [-0.2, 0) is 0 Å². The summed E-state index contributed by atoms with van der Waals surface area (Å²) < 4.78 is 18.0. The molecule has 0 unspecified atom stereocenters. The molecular weight excluding hydrogens is 205 g/mol. The molecule has 0 saturated carbocycles. The topological polar surface area (TPSA) is 21.3 Å². The van der Waals surface area contributed by atoms with E-state index in [-0.39, 0.29) is 18.2 Å². The molecule has 78 valence electrons. The zero-order chi connectivity index (χ0) is 9.68. The van der Waals surface area contributed by atoms with Gasteiger partial charge in [-0.2, -0.15) is 0 Å². The van der Waals surface area contributed by atoms with Crippen molar-refractivity contribution < 1.29 is 9.13 Å². The smallest absolute Gasteiger partial charge is 0.145 e. The Balaban J connectivity index is 0.00000169. The number of benzene rings is 1. The number of halogens is 2. The van der Waals surface area contributed by atoms with Gasteiger partial charge in [0.05, 0.1) is 5.69 Å².